The maximum absolute atomic E-state index is 8.33. The molecule has 27 heavy (non-hydrogen) atoms. The molecule has 2 heterocycles. The van der Waals surface area contributed by atoms with E-state index in [9.17, 15) is 0 Å². The van der Waals surface area contributed by atoms with Crippen LogP contribution >= 0.6 is 0 Å². The minimum Gasteiger partial charge on any atom is -0.438 e. The van der Waals surface area contributed by atoms with E-state index in [-0.39, 0.29) is 5.55 Å². The number of hydrogen-bond acceptors (Lipinski definition) is 5. The Balaban J connectivity index is 2.02. The predicted octanol–water partition coefficient (Wildman–Crippen LogP) is 4.56. The van der Waals surface area contributed by atoms with Gasteiger partial charge in [-0.2, -0.15) is 0 Å². The normalized spacial score (nSPS) is 11.2. The average molecular weight is 358 g/mol. The van der Waals surface area contributed by atoms with Crippen LogP contribution in [0.1, 0.15) is 13.8 Å². The highest BCUT2D eigenvalue weighted by Gasteiger charge is 2.13. The smallest absolute Gasteiger partial charge is 0.223 e. The van der Waals surface area contributed by atoms with Gasteiger partial charge in [-0.3, -0.25) is 5.41 Å². The first-order valence-corrected chi connectivity index (χ1v) is 9.14. The lowest BCUT2D eigenvalue weighted by atomic mass is 10.0. The van der Waals surface area contributed by atoms with Crippen LogP contribution in [0.3, 0.4) is 0 Å². The summed E-state index contributed by atoms with van der Waals surface area (Å²) in [6, 6.07) is 18.1. The van der Waals surface area contributed by atoms with Crippen molar-refractivity contribution in [2.75, 3.05) is 23.7 Å². The molecule has 0 fully saturated rings. The molecule has 5 heteroatoms. The van der Waals surface area contributed by atoms with Crippen LogP contribution in [0.4, 0.5) is 11.5 Å². The maximum Gasteiger partial charge on any atom is 0.223 e. The number of fused-ring (bicyclic) bond motifs is 3. The maximum atomic E-state index is 8.33. The summed E-state index contributed by atoms with van der Waals surface area (Å²) in [6.45, 7) is 6.08. The molecule has 5 nitrogen and oxygen atoms in total. The van der Waals surface area contributed by atoms with Crippen molar-refractivity contribution in [3.63, 3.8) is 0 Å². The van der Waals surface area contributed by atoms with Crippen molar-refractivity contribution in [3.05, 3.63) is 60.2 Å². The molecular weight excluding hydrogens is 336 g/mol. The molecule has 0 aliphatic heterocycles. The van der Waals surface area contributed by atoms with Crippen LogP contribution in [0, 0.1) is 5.41 Å². The zero-order valence-corrected chi connectivity index (χ0v) is 15.5. The first-order chi connectivity index (χ1) is 13.1. The number of benzene rings is 2. The molecule has 136 valence electrons. The SMILES string of the molecule is CCN(CC)c1ccc2c(c1)oc(=N)c1c(N)nc(-c3ccccc3)cc12. The summed E-state index contributed by atoms with van der Waals surface area (Å²) >= 11 is 0. The number of nitrogens with two attached hydrogens (primary N) is 1. The summed E-state index contributed by atoms with van der Waals surface area (Å²) < 4.78 is 5.80. The Kier molecular flexibility index (Phi) is 4.28. The van der Waals surface area contributed by atoms with E-state index < -0.39 is 0 Å². The summed E-state index contributed by atoms with van der Waals surface area (Å²) in [6.07, 6.45) is 0. The number of anilines is 2. The Morgan fingerprint density at radius 2 is 1.74 bits per heavy atom. The van der Waals surface area contributed by atoms with Crippen molar-refractivity contribution in [1.29, 1.82) is 5.41 Å². The van der Waals surface area contributed by atoms with Crippen molar-refractivity contribution < 1.29 is 4.42 Å². The molecule has 2 aromatic heterocycles. The third-order valence-corrected chi connectivity index (χ3v) is 4.94. The van der Waals surface area contributed by atoms with E-state index in [1.807, 2.05) is 48.5 Å². The van der Waals surface area contributed by atoms with Crippen LogP contribution in [-0.2, 0) is 0 Å². The highest BCUT2D eigenvalue weighted by molar-refractivity contribution is 6.09. The van der Waals surface area contributed by atoms with Gasteiger partial charge in [-0.15, -0.1) is 0 Å². The zero-order valence-electron chi connectivity index (χ0n) is 15.5. The van der Waals surface area contributed by atoms with Gasteiger partial charge in [0, 0.05) is 41.2 Å². The molecule has 3 N–H and O–H groups in total. The predicted molar refractivity (Wildman–Crippen MR) is 111 cm³/mol. The van der Waals surface area contributed by atoms with Crippen LogP contribution in [0.5, 0.6) is 0 Å². The molecule has 0 bridgehead atoms. The molecule has 0 spiro atoms. The van der Waals surface area contributed by atoms with Gasteiger partial charge in [0.05, 0.1) is 11.1 Å². The Morgan fingerprint density at radius 1 is 1.00 bits per heavy atom. The fraction of sp³-hybridized carbons (Fsp3) is 0.182. The molecule has 4 rings (SSSR count). The molecule has 4 aromatic rings. The second kappa shape index (κ2) is 6.76. The fourth-order valence-corrected chi connectivity index (χ4v) is 3.54. The van der Waals surface area contributed by atoms with Gasteiger partial charge in [0.25, 0.3) is 0 Å². The van der Waals surface area contributed by atoms with Gasteiger partial charge >= 0.3 is 0 Å². The minimum absolute atomic E-state index is 0.0406. The highest BCUT2D eigenvalue weighted by atomic mass is 16.3. The minimum atomic E-state index is 0.0406. The fourth-order valence-electron chi connectivity index (χ4n) is 3.54. The van der Waals surface area contributed by atoms with Crippen LogP contribution in [-0.4, -0.2) is 18.1 Å². The van der Waals surface area contributed by atoms with Crippen molar-refractivity contribution >= 4 is 33.2 Å². The van der Waals surface area contributed by atoms with Gasteiger partial charge in [-0.1, -0.05) is 30.3 Å². The molecule has 0 aliphatic carbocycles. The van der Waals surface area contributed by atoms with Crippen molar-refractivity contribution in [3.8, 4) is 11.3 Å². The molecule has 0 aliphatic rings. The van der Waals surface area contributed by atoms with Gasteiger partial charge in [0.15, 0.2) is 0 Å². The van der Waals surface area contributed by atoms with Crippen molar-refractivity contribution in [2.45, 2.75) is 13.8 Å². The van der Waals surface area contributed by atoms with Crippen LogP contribution in [0.15, 0.2) is 59.0 Å². The second-order valence-electron chi connectivity index (χ2n) is 6.47. The third-order valence-electron chi connectivity index (χ3n) is 4.94. The van der Waals surface area contributed by atoms with E-state index in [0.29, 0.717) is 16.8 Å². The molecule has 0 amide bonds. The van der Waals surface area contributed by atoms with Gasteiger partial charge in [0.2, 0.25) is 5.55 Å². The van der Waals surface area contributed by atoms with Crippen LogP contribution < -0.4 is 16.2 Å². The number of nitrogens with one attached hydrogen (secondary N) is 1. The Labute approximate surface area is 157 Å². The van der Waals surface area contributed by atoms with E-state index in [1.54, 1.807) is 0 Å². The monoisotopic (exact) mass is 358 g/mol. The first-order valence-electron chi connectivity index (χ1n) is 9.14. The number of aromatic nitrogens is 1. The first kappa shape index (κ1) is 17.1. The summed E-state index contributed by atoms with van der Waals surface area (Å²) in [5.74, 6) is 0.315. The van der Waals surface area contributed by atoms with E-state index in [0.717, 1.165) is 40.8 Å². The lowest BCUT2D eigenvalue weighted by Crippen LogP contribution is -2.21. The van der Waals surface area contributed by atoms with Crippen LogP contribution in [0.25, 0.3) is 33.0 Å². The summed E-state index contributed by atoms with van der Waals surface area (Å²) in [5.41, 5.74) is 9.80. The van der Waals surface area contributed by atoms with E-state index in [1.165, 1.54) is 0 Å². The average Bonchev–Trinajstić information content (AvgIpc) is 2.69. The van der Waals surface area contributed by atoms with Gasteiger partial charge < -0.3 is 15.1 Å². The van der Waals surface area contributed by atoms with Gasteiger partial charge in [-0.05, 0) is 32.0 Å². The van der Waals surface area contributed by atoms with Gasteiger partial charge in [-0.25, -0.2) is 4.98 Å². The third kappa shape index (κ3) is 2.91. The largest absolute Gasteiger partial charge is 0.438 e. The van der Waals surface area contributed by atoms with E-state index in [2.05, 4.69) is 29.8 Å². The quantitative estimate of drug-likeness (QED) is 0.524. The summed E-state index contributed by atoms with van der Waals surface area (Å²) in [4.78, 5) is 6.75. The molecule has 0 unspecified atom stereocenters. The number of rotatable bonds is 4. The second-order valence-corrected chi connectivity index (χ2v) is 6.47. The lowest BCUT2D eigenvalue weighted by Gasteiger charge is -2.21. The molecule has 2 aromatic carbocycles. The number of nitrogen functional groups attached to an aromatic ring is 1. The molecule has 0 saturated carbocycles. The standard InChI is InChI=1S/C22H22N4O/c1-3-26(4-2)15-10-11-16-17-13-18(14-8-6-5-7-9-14)25-21(23)20(17)22(24)27-19(16)12-15/h5-13,24H,3-4H2,1-2H3,(H2,23,25). The lowest BCUT2D eigenvalue weighted by molar-refractivity contribution is 0.542. The molecule has 0 atom stereocenters. The molecular formula is C22H22N4O. The van der Waals surface area contributed by atoms with E-state index >= 15 is 0 Å². The molecule has 0 saturated heterocycles. The van der Waals surface area contributed by atoms with Crippen molar-refractivity contribution in [1.82, 2.24) is 4.98 Å². The topological polar surface area (TPSA) is 79.1 Å². The Bertz CT molecular complexity index is 1180. The van der Waals surface area contributed by atoms with Gasteiger partial charge in [0.1, 0.15) is 11.4 Å². The molecule has 0 radical (unpaired) electrons. The van der Waals surface area contributed by atoms with E-state index in [4.69, 9.17) is 15.6 Å². The zero-order chi connectivity index (χ0) is 19.0. The number of pyridine rings is 1. The Morgan fingerprint density at radius 3 is 2.44 bits per heavy atom. The summed E-state index contributed by atoms with van der Waals surface area (Å²) in [7, 11) is 0. The van der Waals surface area contributed by atoms with Crippen LogP contribution in [0.2, 0.25) is 0 Å². The number of hydrogen-bond donors (Lipinski definition) is 2. The highest BCUT2D eigenvalue weighted by Crippen LogP contribution is 2.31. The van der Waals surface area contributed by atoms with Crippen molar-refractivity contribution in [2.24, 2.45) is 0 Å². The summed E-state index contributed by atoms with van der Waals surface area (Å²) in [5, 5.41) is 10.7. The Hall–Kier alpha value is -3.34. The number of nitrogens with zero attached hydrogens (tertiary/aromatic N) is 2.